The summed E-state index contributed by atoms with van der Waals surface area (Å²) in [4.78, 5) is 16.2. The molecule has 2 atom stereocenters. The second kappa shape index (κ2) is 23.4. The number of esters is 1. The van der Waals surface area contributed by atoms with Gasteiger partial charge in [-0.1, -0.05) is 126 Å². The van der Waals surface area contributed by atoms with E-state index in [1.54, 1.807) is 0 Å². The van der Waals surface area contributed by atoms with Gasteiger partial charge in [-0.3, -0.25) is 4.79 Å². The molecule has 0 bridgehead atoms. The van der Waals surface area contributed by atoms with E-state index in [-0.39, 0.29) is 28.8 Å². The van der Waals surface area contributed by atoms with Gasteiger partial charge in [-0.2, -0.15) is 4.99 Å². The van der Waals surface area contributed by atoms with Gasteiger partial charge < -0.3 is 23.1 Å². The highest BCUT2D eigenvalue weighted by Crippen LogP contribution is 2.39. The molecule has 0 amide bonds. The summed E-state index contributed by atoms with van der Waals surface area (Å²) in [5, 5.41) is 4.84. The first kappa shape index (κ1) is 47.3. The van der Waals surface area contributed by atoms with Crippen LogP contribution in [0.25, 0.3) is 6.08 Å². The number of carbonyl (C=O) groups excluding carboxylic acids is 1. The van der Waals surface area contributed by atoms with Gasteiger partial charge in [0.1, 0.15) is 0 Å². The summed E-state index contributed by atoms with van der Waals surface area (Å²) >= 11 is 4.63. The smallest absolute Gasteiger partial charge is 0.305 e. The van der Waals surface area contributed by atoms with E-state index in [9.17, 15) is 4.79 Å². The Morgan fingerprint density at radius 1 is 0.946 bits per heavy atom. The maximum Gasteiger partial charge on any atom is 0.305 e. The molecule has 0 radical (unpaired) electrons. The molecule has 1 saturated heterocycles. The quantitative estimate of drug-likeness (QED) is 0.0516. The van der Waals surface area contributed by atoms with Crippen molar-refractivity contribution in [2.45, 2.75) is 123 Å². The molecule has 10 heteroatoms. The molecule has 1 aliphatic rings. The first-order valence-corrected chi connectivity index (χ1v) is 26.0. The van der Waals surface area contributed by atoms with Gasteiger partial charge in [-0.25, -0.2) is 0 Å². The summed E-state index contributed by atoms with van der Waals surface area (Å²) in [6.07, 6.45) is 11.1. The number of hydrogen-bond acceptors (Lipinski definition) is 8. The molecule has 306 valence electrons. The van der Waals surface area contributed by atoms with Crippen LogP contribution in [0.4, 0.5) is 5.69 Å². The molecule has 1 heterocycles. The maximum absolute atomic E-state index is 12.2. The number of carbonyl (C=O) groups is 1. The Balaban J connectivity index is 0.000000368. The average Bonchev–Trinajstić information content (AvgIpc) is 3.19. The molecule has 3 aromatic rings. The van der Waals surface area contributed by atoms with Crippen LogP contribution in [-0.2, 0) is 27.9 Å². The highest BCUT2D eigenvalue weighted by molar-refractivity contribution is 7.78. The van der Waals surface area contributed by atoms with Gasteiger partial charge >= 0.3 is 5.97 Å². The lowest BCUT2D eigenvalue weighted by atomic mass is 9.84. The van der Waals surface area contributed by atoms with Crippen molar-refractivity contribution in [2.24, 2.45) is 10.9 Å². The number of aliphatic imine (C=N–C) groups is 1. The van der Waals surface area contributed by atoms with Gasteiger partial charge in [-0.15, -0.1) is 0 Å². The van der Waals surface area contributed by atoms with Crippen LogP contribution >= 0.6 is 12.2 Å². The molecule has 0 aromatic heterocycles. The fraction of sp³-hybridized carbons (Fsp3) is 0.522. The first-order valence-electron chi connectivity index (χ1n) is 20.3. The summed E-state index contributed by atoms with van der Waals surface area (Å²) in [6.45, 7) is 20.1. The minimum Gasteiger partial charge on any atom is -0.469 e. The molecule has 7 nitrogen and oxygen atoms in total. The van der Waals surface area contributed by atoms with Gasteiger partial charge in [0.25, 0.3) is 8.32 Å². The maximum atomic E-state index is 12.2. The number of methoxy groups -OCH3 is 1. The van der Waals surface area contributed by atoms with Crippen LogP contribution in [0.15, 0.2) is 96.0 Å². The zero-order valence-electron chi connectivity index (χ0n) is 35.5. The standard InChI is InChI=1S/C31H50O4Si2.C15H17NO2S/c1-10-31(11-2,35-36(7,8)9)24-26(22-23-29(32)33-6)25-34-37(30(3,4)5,27-18-14-12-15-19-27)28-20-16-13-17-21-28;19-12-16-14-8-2-1-6-13(14)7-5-11-18-15-9-3-4-10-17-15/h12-21,26H,10-11,22-25H2,1-9H3;1-2,5-8,15H,3-4,9-11H2/b;7-5-/t26-;/m1./s1. The van der Waals surface area contributed by atoms with Crippen LogP contribution in [0.2, 0.25) is 24.7 Å². The molecule has 1 aliphatic heterocycles. The number of para-hydroxylation sites is 1. The topological polar surface area (TPSA) is 75.6 Å². The van der Waals surface area contributed by atoms with Crippen molar-refractivity contribution in [1.29, 1.82) is 0 Å². The minimum absolute atomic E-state index is 0.0485. The summed E-state index contributed by atoms with van der Waals surface area (Å²) < 4.78 is 30.3. The predicted molar refractivity (Wildman–Crippen MR) is 240 cm³/mol. The molecule has 3 aromatic carbocycles. The Morgan fingerprint density at radius 3 is 2.07 bits per heavy atom. The Morgan fingerprint density at radius 2 is 1.55 bits per heavy atom. The lowest BCUT2D eigenvalue weighted by Gasteiger charge is -2.45. The second-order valence-electron chi connectivity index (χ2n) is 16.6. The number of nitrogens with zero attached hydrogens (tertiary/aromatic N) is 1. The predicted octanol–water partition coefficient (Wildman–Crippen LogP) is 10.9. The van der Waals surface area contributed by atoms with E-state index in [2.05, 4.69) is 137 Å². The molecule has 0 N–H and O–H groups in total. The molecule has 4 rings (SSSR count). The largest absolute Gasteiger partial charge is 0.469 e. The monoisotopic (exact) mass is 817 g/mol. The zero-order valence-corrected chi connectivity index (χ0v) is 38.3. The van der Waals surface area contributed by atoms with Crippen molar-refractivity contribution in [3.05, 3.63) is 96.6 Å². The third kappa shape index (κ3) is 14.7. The molecule has 1 unspecified atom stereocenters. The Bertz CT molecular complexity index is 1620. The van der Waals surface area contributed by atoms with Crippen molar-refractivity contribution in [3.63, 3.8) is 0 Å². The van der Waals surface area contributed by atoms with Gasteiger partial charge in [0, 0.05) is 25.2 Å². The minimum atomic E-state index is -2.67. The molecule has 0 spiro atoms. The molecule has 1 fully saturated rings. The lowest BCUT2D eigenvalue weighted by molar-refractivity contribution is -0.155. The summed E-state index contributed by atoms with van der Waals surface area (Å²) in [5.74, 6) is 0.0113. The van der Waals surface area contributed by atoms with E-state index in [0.29, 0.717) is 19.6 Å². The Kier molecular flexibility index (Phi) is 19.8. The van der Waals surface area contributed by atoms with Crippen LogP contribution in [0.5, 0.6) is 0 Å². The lowest BCUT2D eigenvalue weighted by Crippen LogP contribution is -2.67. The first-order chi connectivity index (χ1) is 26.7. The van der Waals surface area contributed by atoms with Crippen molar-refractivity contribution >= 4 is 62.1 Å². The van der Waals surface area contributed by atoms with Crippen LogP contribution in [0.1, 0.15) is 91.5 Å². The number of ether oxygens (including phenoxy) is 3. The highest BCUT2D eigenvalue weighted by atomic mass is 32.1. The van der Waals surface area contributed by atoms with Crippen LogP contribution < -0.4 is 10.4 Å². The van der Waals surface area contributed by atoms with E-state index >= 15 is 0 Å². The SMILES string of the molecule is CCC(CC)(C[C@@H](CCC(=O)OC)CO[Si](c1ccccc1)(c1ccccc1)C(C)(C)C)O[Si](C)(C)C.S=C=Nc1ccccc1/C=C\COC1CCCCO1. The van der Waals surface area contributed by atoms with Gasteiger partial charge in [0.05, 0.1) is 30.2 Å². The van der Waals surface area contributed by atoms with Crippen molar-refractivity contribution < 1.29 is 27.9 Å². The number of isothiocyanates is 1. The molecule has 0 aliphatic carbocycles. The van der Waals surface area contributed by atoms with Gasteiger partial charge in [-0.05, 0) is 104 Å². The zero-order chi connectivity index (χ0) is 41.1. The molecular formula is C46H67NO6SSi2. The van der Waals surface area contributed by atoms with Crippen LogP contribution in [0, 0.1) is 5.92 Å². The number of hydrogen-bond donors (Lipinski definition) is 0. The summed E-state index contributed by atoms with van der Waals surface area (Å²) in [7, 11) is -2.97. The van der Waals surface area contributed by atoms with E-state index in [0.717, 1.165) is 56.4 Å². The second-order valence-corrected chi connectivity index (χ2v) is 25.5. The van der Waals surface area contributed by atoms with Crippen LogP contribution in [0.3, 0.4) is 0 Å². The fourth-order valence-electron chi connectivity index (χ4n) is 7.53. The average molecular weight is 818 g/mol. The summed E-state index contributed by atoms with van der Waals surface area (Å²) in [6, 6.07) is 29.3. The normalized spacial score (nSPS) is 15.7. The van der Waals surface area contributed by atoms with E-state index in [1.165, 1.54) is 23.9 Å². The summed E-state index contributed by atoms with van der Waals surface area (Å²) in [5.41, 5.74) is 1.62. The van der Waals surface area contributed by atoms with Crippen molar-refractivity contribution in [3.8, 4) is 0 Å². The third-order valence-electron chi connectivity index (χ3n) is 10.3. The molecular weight excluding hydrogens is 751 g/mol. The Hall–Kier alpha value is -3.06. The third-order valence-corrected chi connectivity index (χ3v) is 16.5. The van der Waals surface area contributed by atoms with Gasteiger partial charge in [0.15, 0.2) is 14.6 Å². The number of thiocarbonyl (C=S) groups is 1. The molecule has 0 saturated carbocycles. The van der Waals surface area contributed by atoms with E-state index in [1.807, 2.05) is 36.4 Å². The Labute approximate surface area is 345 Å². The van der Waals surface area contributed by atoms with Crippen molar-refractivity contribution in [2.75, 3.05) is 26.9 Å². The highest BCUT2D eigenvalue weighted by Gasteiger charge is 2.50. The number of benzene rings is 3. The van der Waals surface area contributed by atoms with Crippen molar-refractivity contribution in [1.82, 2.24) is 0 Å². The molecule has 56 heavy (non-hydrogen) atoms. The van der Waals surface area contributed by atoms with Crippen LogP contribution in [-0.4, -0.2) is 66.6 Å². The fourth-order valence-corrected chi connectivity index (χ4v) is 13.9. The van der Waals surface area contributed by atoms with E-state index < -0.39 is 16.6 Å². The number of rotatable bonds is 19. The van der Waals surface area contributed by atoms with E-state index in [4.69, 9.17) is 23.1 Å². The van der Waals surface area contributed by atoms with Gasteiger partial charge in [0.2, 0.25) is 0 Å².